The molecule has 2 aromatic rings. The third-order valence-electron chi connectivity index (χ3n) is 2.83. The lowest BCUT2D eigenvalue weighted by Gasteiger charge is -2.12. The van der Waals surface area contributed by atoms with Crippen molar-refractivity contribution in [2.45, 2.75) is 49.7 Å². The van der Waals surface area contributed by atoms with Gasteiger partial charge >= 0.3 is 0 Å². The van der Waals surface area contributed by atoms with E-state index in [4.69, 9.17) is 9.97 Å². The van der Waals surface area contributed by atoms with Gasteiger partial charge in [0.1, 0.15) is 0 Å². The van der Waals surface area contributed by atoms with E-state index in [1.54, 1.807) is 0 Å². The van der Waals surface area contributed by atoms with Gasteiger partial charge in [0.2, 0.25) is 0 Å². The topological polar surface area (TPSA) is 25.8 Å². The quantitative estimate of drug-likeness (QED) is 0.757. The van der Waals surface area contributed by atoms with Gasteiger partial charge in [0.05, 0.1) is 22.4 Å². The first kappa shape index (κ1) is 15.6. The Morgan fingerprint density at radius 2 is 1.20 bits per heavy atom. The second-order valence-corrected chi connectivity index (χ2v) is 8.45. The number of aromatic nitrogens is 2. The Balaban J connectivity index is 2.31. The number of benzene rings is 1. The molecule has 0 atom stereocenters. The molecule has 0 spiro atoms. The van der Waals surface area contributed by atoms with E-state index in [0.717, 1.165) is 33.9 Å². The summed E-state index contributed by atoms with van der Waals surface area (Å²) in [7, 11) is 0. The molecule has 2 nitrogen and oxygen atoms in total. The summed E-state index contributed by atoms with van der Waals surface area (Å²) in [6.45, 7) is 8.90. The highest BCUT2D eigenvalue weighted by atomic mass is 32.2. The Morgan fingerprint density at radius 3 is 1.55 bits per heavy atom. The predicted molar refractivity (Wildman–Crippen MR) is 92.4 cm³/mol. The molecule has 0 unspecified atom stereocenters. The molecule has 2 rings (SSSR count). The van der Waals surface area contributed by atoms with Crippen LogP contribution in [-0.4, -0.2) is 20.5 Å². The minimum absolute atomic E-state index is 0.619. The molecule has 0 radical (unpaired) electrons. The number of para-hydroxylation sites is 2. The number of nitrogens with zero attached hydrogens (tertiary/aromatic N) is 2. The van der Waals surface area contributed by atoms with Gasteiger partial charge in [0.15, 0.2) is 0 Å². The van der Waals surface area contributed by atoms with Crippen LogP contribution < -0.4 is 0 Å². The minimum atomic E-state index is 0.619. The van der Waals surface area contributed by atoms with Crippen molar-refractivity contribution in [3.8, 4) is 0 Å². The van der Waals surface area contributed by atoms with Crippen molar-refractivity contribution >= 4 is 34.6 Å². The van der Waals surface area contributed by atoms with Gasteiger partial charge in [-0.25, -0.2) is 9.97 Å². The fourth-order valence-electron chi connectivity index (χ4n) is 1.80. The summed E-state index contributed by atoms with van der Waals surface area (Å²) < 4.78 is 0. The normalized spacial score (nSPS) is 11.7. The van der Waals surface area contributed by atoms with Crippen LogP contribution in [0, 0.1) is 0 Å². The van der Waals surface area contributed by atoms with Crippen LogP contribution in [0.15, 0.2) is 24.3 Å². The number of thioether (sulfide) groups is 2. The van der Waals surface area contributed by atoms with Gasteiger partial charge in [-0.3, -0.25) is 0 Å². The van der Waals surface area contributed by atoms with Gasteiger partial charge in [-0.05, 0) is 22.6 Å². The van der Waals surface area contributed by atoms with E-state index < -0.39 is 0 Å². The summed E-state index contributed by atoms with van der Waals surface area (Å²) in [5.74, 6) is 1.90. The van der Waals surface area contributed by atoms with Crippen molar-refractivity contribution in [1.29, 1.82) is 0 Å². The van der Waals surface area contributed by atoms with Crippen LogP contribution in [0.1, 0.15) is 39.1 Å². The van der Waals surface area contributed by atoms with E-state index in [1.165, 1.54) is 0 Å². The monoisotopic (exact) mass is 306 g/mol. The Bertz CT molecular complexity index is 517. The van der Waals surface area contributed by atoms with Crippen molar-refractivity contribution in [1.82, 2.24) is 9.97 Å². The Kier molecular flexibility index (Phi) is 5.73. The van der Waals surface area contributed by atoms with Crippen LogP contribution in [-0.2, 0) is 11.5 Å². The highest BCUT2D eigenvalue weighted by Crippen LogP contribution is 2.24. The maximum Gasteiger partial charge on any atom is 0.0890 e. The Hall–Kier alpha value is -0.740. The minimum Gasteiger partial charge on any atom is -0.248 e. The molecule has 0 aliphatic carbocycles. The first-order valence-electron chi connectivity index (χ1n) is 7.04. The van der Waals surface area contributed by atoms with Gasteiger partial charge in [0.25, 0.3) is 0 Å². The molecule has 0 saturated heterocycles. The maximum absolute atomic E-state index is 4.83. The number of hydrogen-bond acceptors (Lipinski definition) is 4. The van der Waals surface area contributed by atoms with Crippen molar-refractivity contribution in [2.75, 3.05) is 0 Å². The Labute approximate surface area is 130 Å². The third-order valence-corrected chi connectivity index (χ3v) is 5.05. The fourth-order valence-corrected chi connectivity index (χ4v) is 3.24. The fraction of sp³-hybridized carbons (Fsp3) is 0.500. The van der Waals surface area contributed by atoms with Crippen LogP contribution >= 0.6 is 23.5 Å². The molecule has 1 aromatic heterocycles. The SMILES string of the molecule is CC(C)SCc1nc2ccccc2nc1CSC(C)C. The van der Waals surface area contributed by atoms with Crippen molar-refractivity contribution in [3.63, 3.8) is 0 Å². The average molecular weight is 307 g/mol. The molecule has 0 N–H and O–H groups in total. The molecule has 0 aliphatic rings. The van der Waals surface area contributed by atoms with Crippen LogP contribution in [0.5, 0.6) is 0 Å². The summed E-state index contributed by atoms with van der Waals surface area (Å²) in [4.78, 5) is 9.66. The summed E-state index contributed by atoms with van der Waals surface area (Å²) in [6, 6.07) is 8.15. The zero-order valence-electron chi connectivity index (χ0n) is 12.6. The zero-order valence-corrected chi connectivity index (χ0v) is 14.2. The lowest BCUT2D eigenvalue weighted by Crippen LogP contribution is -2.03. The van der Waals surface area contributed by atoms with E-state index >= 15 is 0 Å². The lowest BCUT2D eigenvalue weighted by molar-refractivity contribution is 1.04. The summed E-state index contributed by atoms with van der Waals surface area (Å²) in [6.07, 6.45) is 0. The average Bonchev–Trinajstić information content (AvgIpc) is 2.42. The maximum atomic E-state index is 4.83. The molecule has 108 valence electrons. The van der Waals surface area contributed by atoms with Crippen LogP contribution in [0.2, 0.25) is 0 Å². The zero-order chi connectivity index (χ0) is 14.5. The van der Waals surface area contributed by atoms with Crippen molar-refractivity contribution in [3.05, 3.63) is 35.7 Å². The lowest BCUT2D eigenvalue weighted by atomic mass is 10.2. The standard InChI is InChI=1S/C16H22N2S2/c1-11(2)19-9-15-16(10-20-12(3)4)18-14-8-6-5-7-13(14)17-15/h5-8,11-12H,9-10H2,1-4H3. The van der Waals surface area contributed by atoms with E-state index in [2.05, 4.69) is 27.7 Å². The van der Waals surface area contributed by atoms with E-state index in [9.17, 15) is 0 Å². The summed E-state index contributed by atoms with van der Waals surface area (Å²) in [5, 5.41) is 1.24. The first-order valence-corrected chi connectivity index (χ1v) is 9.13. The number of rotatable bonds is 6. The molecule has 20 heavy (non-hydrogen) atoms. The van der Waals surface area contributed by atoms with E-state index in [0.29, 0.717) is 10.5 Å². The second kappa shape index (κ2) is 7.32. The highest BCUT2D eigenvalue weighted by Gasteiger charge is 2.10. The molecular weight excluding hydrogens is 284 g/mol. The summed E-state index contributed by atoms with van der Waals surface area (Å²) >= 11 is 3.86. The first-order chi connectivity index (χ1) is 9.56. The summed E-state index contributed by atoms with van der Waals surface area (Å²) in [5.41, 5.74) is 4.31. The molecular formula is C16H22N2S2. The van der Waals surface area contributed by atoms with E-state index in [1.807, 2.05) is 47.8 Å². The van der Waals surface area contributed by atoms with Crippen molar-refractivity contribution < 1.29 is 0 Å². The molecule has 0 fully saturated rings. The molecule has 0 amide bonds. The third kappa shape index (κ3) is 4.38. The number of fused-ring (bicyclic) bond motifs is 1. The molecule has 1 heterocycles. The molecule has 0 aliphatic heterocycles. The predicted octanol–water partition coefficient (Wildman–Crippen LogP) is 4.91. The number of hydrogen-bond donors (Lipinski definition) is 0. The van der Waals surface area contributed by atoms with Gasteiger partial charge in [0, 0.05) is 11.5 Å². The Morgan fingerprint density at radius 1 is 0.800 bits per heavy atom. The largest absolute Gasteiger partial charge is 0.248 e. The van der Waals surface area contributed by atoms with Crippen molar-refractivity contribution in [2.24, 2.45) is 0 Å². The molecule has 1 aromatic carbocycles. The smallest absolute Gasteiger partial charge is 0.0890 e. The molecule has 4 heteroatoms. The molecule has 0 saturated carbocycles. The highest BCUT2D eigenvalue weighted by molar-refractivity contribution is 7.99. The van der Waals surface area contributed by atoms with Gasteiger partial charge in [-0.2, -0.15) is 23.5 Å². The van der Waals surface area contributed by atoms with Crippen LogP contribution in [0.4, 0.5) is 0 Å². The second-order valence-electron chi connectivity index (χ2n) is 5.33. The van der Waals surface area contributed by atoms with Crippen LogP contribution in [0.3, 0.4) is 0 Å². The van der Waals surface area contributed by atoms with Gasteiger partial charge in [-0.15, -0.1) is 0 Å². The van der Waals surface area contributed by atoms with E-state index in [-0.39, 0.29) is 0 Å². The van der Waals surface area contributed by atoms with Gasteiger partial charge < -0.3 is 0 Å². The van der Waals surface area contributed by atoms with Gasteiger partial charge in [-0.1, -0.05) is 39.8 Å². The molecule has 0 bridgehead atoms. The van der Waals surface area contributed by atoms with Crippen LogP contribution in [0.25, 0.3) is 11.0 Å².